The first kappa shape index (κ1) is 18.6. The number of nitrogens with zero attached hydrogens (tertiary/aromatic N) is 2. The lowest BCUT2D eigenvalue weighted by Crippen LogP contribution is -2.54. The standard InChI is InChI=1S/C24H23N3O3/c1-15-5-2-8-19(11-15)27-23(29)20(22(28)25-24(27)30)14-16-12-17-6-3-9-26-10-4-7-18(13-16)21(17)26/h2,5,8,11-14H,3-4,6-7,9-10H2,1H3,(H,25,28,30)/b20-14+. The van der Waals surface area contributed by atoms with Crippen LogP contribution in [-0.2, 0) is 22.4 Å². The van der Waals surface area contributed by atoms with E-state index < -0.39 is 17.8 Å². The van der Waals surface area contributed by atoms with Crippen LogP contribution in [0.5, 0.6) is 0 Å². The summed E-state index contributed by atoms with van der Waals surface area (Å²) in [5.74, 6) is -1.25. The lowest BCUT2D eigenvalue weighted by atomic mass is 9.89. The molecule has 6 heteroatoms. The normalized spacial score (nSPS) is 19.8. The molecule has 30 heavy (non-hydrogen) atoms. The number of aryl methyl sites for hydroxylation is 3. The monoisotopic (exact) mass is 401 g/mol. The molecule has 5 rings (SSSR count). The van der Waals surface area contributed by atoms with Gasteiger partial charge in [-0.2, -0.15) is 0 Å². The molecule has 3 heterocycles. The van der Waals surface area contributed by atoms with Gasteiger partial charge in [0.15, 0.2) is 0 Å². The second-order valence-corrected chi connectivity index (χ2v) is 8.18. The molecule has 0 atom stereocenters. The number of nitrogens with one attached hydrogen (secondary N) is 1. The van der Waals surface area contributed by atoms with Crippen LogP contribution in [0.3, 0.4) is 0 Å². The number of hydrogen-bond acceptors (Lipinski definition) is 4. The van der Waals surface area contributed by atoms with Gasteiger partial charge in [0.25, 0.3) is 11.8 Å². The van der Waals surface area contributed by atoms with Crippen LogP contribution in [0.25, 0.3) is 6.08 Å². The zero-order chi connectivity index (χ0) is 20.8. The maximum atomic E-state index is 13.1. The van der Waals surface area contributed by atoms with Gasteiger partial charge in [-0.25, -0.2) is 9.69 Å². The predicted molar refractivity (Wildman–Crippen MR) is 115 cm³/mol. The molecule has 0 saturated carbocycles. The maximum Gasteiger partial charge on any atom is 0.335 e. The smallest absolute Gasteiger partial charge is 0.335 e. The van der Waals surface area contributed by atoms with Gasteiger partial charge in [-0.05, 0) is 85.2 Å². The van der Waals surface area contributed by atoms with Crippen molar-refractivity contribution >= 4 is 35.3 Å². The van der Waals surface area contributed by atoms with Crippen molar-refractivity contribution in [2.45, 2.75) is 32.6 Å². The first-order valence-corrected chi connectivity index (χ1v) is 10.4. The first-order chi connectivity index (χ1) is 14.5. The van der Waals surface area contributed by atoms with E-state index in [-0.39, 0.29) is 5.57 Å². The number of rotatable bonds is 2. The fourth-order valence-corrected chi connectivity index (χ4v) is 4.74. The molecule has 0 unspecified atom stereocenters. The van der Waals surface area contributed by atoms with Crippen LogP contribution in [-0.4, -0.2) is 30.9 Å². The van der Waals surface area contributed by atoms with Crippen molar-refractivity contribution in [3.05, 3.63) is 64.2 Å². The maximum absolute atomic E-state index is 13.1. The number of carbonyl (C=O) groups excluding carboxylic acids is 3. The number of urea groups is 1. The van der Waals surface area contributed by atoms with Crippen LogP contribution in [0.2, 0.25) is 0 Å². The van der Waals surface area contributed by atoms with E-state index in [2.05, 4.69) is 22.3 Å². The third-order valence-corrected chi connectivity index (χ3v) is 6.03. The highest BCUT2D eigenvalue weighted by Gasteiger charge is 2.37. The second-order valence-electron chi connectivity index (χ2n) is 8.18. The summed E-state index contributed by atoms with van der Waals surface area (Å²) < 4.78 is 0. The second kappa shape index (κ2) is 7.13. The topological polar surface area (TPSA) is 69.7 Å². The van der Waals surface area contributed by atoms with Gasteiger partial charge in [0.05, 0.1) is 5.69 Å². The van der Waals surface area contributed by atoms with E-state index in [4.69, 9.17) is 0 Å². The Kier molecular flexibility index (Phi) is 4.42. The van der Waals surface area contributed by atoms with Crippen LogP contribution in [0.1, 0.15) is 35.1 Å². The Morgan fingerprint density at radius 2 is 1.67 bits per heavy atom. The molecule has 1 N–H and O–H groups in total. The highest BCUT2D eigenvalue weighted by molar-refractivity contribution is 6.39. The number of amides is 4. The van der Waals surface area contributed by atoms with E-state index in [1.165, 1.54) is 16.8 Å². The molecule has 2 aromatic rings. The zero-order valence-corrected chi connectivity index (χ0v) is 16.9. The van der Waals surface area contributed by atoms with Crippen molar-refractivity contribution in [2.24, 2.45) is 0 Å². The average Bonchev–Trinajstić information content (AvgIpc) is 2.71. The van der Waals surface area contributed by atoms with Gasteiger partial charge < -0.3 is 4.90 Å². The van der Waals surface area contributed by atoms with Crippen LogP contribution in [0, 0.1) is 6.92 Å². The highest BCUT2D eigenvalue weighted by Crippen LogP contribution is 2.36. The van der Waals surface area contributed by atoms with Crippen LogP contribution in [0.4, 0.5) is 16.2 Å². The molecule has 4 amide bonds. The molecule has 3 aliphatic rings. The Balaban J connectivity index is 1.55. The molecular weight excluding hydrogens is 378 g/mol. The summed E-state index contributed by atoms with van der Waals surface area (Å²) in [7, 11) is 0. The molecule has 2 aromatic carbocycles. The Morgan fingerprint density at radius 3 is 2.33 bits per heavy atom. The molecule has 152 valence electrons. The van der Waals surface area contributed by atoms with E-state index in [9.17, 15) is 14.4 Å². The Bertz CT molecular complexity index is 1090. The van der Waals surface area contributed by atoms with Crippen molar-refractivity contribution in [3.63, 3.8) is 0 Å². The summed E-state index contributed by atoms with van der Waals surface area (Å²) in [6, 6.07) is 10.6. The quantitative estimate of drug-likeness (QED) is 0.619. The largest absolute Gasteiger partial charge is 0.371 e. The van der Waals surface area contributed by atoms with Crippen molar-refractivity contribution in [3.8, 4) is 0 Å². The van der Waals surface area contributed by atoms with Crippen molar-refractivity contribution in [1.29, 1.82) is 0 Å². The summed E-state index contributed by atoms with van der Waals surface area (Å²) in [4.78, 5) is 41.5. The summed E-state index contributed by atoms with van der Waals surface area (Å²) in [6.07, 6.45) is 5.86. The van der Waals surface area contributed by atoms with Crippen LogP contribution >= 0.6 is 0 Å². The van der Waals surface area contributed by atoms with Crippen molar-refractivity contribution < 1.29 is 14.4 Å². The third-order valence-electron chi connectivity index (χ3n) is 6.03. The SMILES string of the molecule is Cc1cccc(N2C(=O)NC(=O)/C(=C\c3cc4c5c(c3)CCCN5CCC4)C2=O)c1. The number of imide groups is 2. The Labute approximate surface area is 175 Å². The Morgan fingerprint density at radius 1 is 0.967 bits per heavy atom. The lowest BCUT2D eigenvalue weighted by Gasteiger charge is -2.37. The highest BCUT2D eigenvalue weighted by atomic mass is 16.2. The number of hydrogen-bond donors (Lipinski definition) is 1. The van der Waals surface area contributed by atoms with Crippen molar-refractivity contribution in [2.75, 3.05) is 22.9 Å². The fraction of sp³-hybridized carbons (Fsp3) is 0.292. The van der Waals surface area contributed by atoms with E-state index in [0.717, 1.165) is 54.8 Å². The number of barbiturate groups is 1. The minimum Gasteiger partial charge on any atom is -0.371 e. The predicted octanol–water partition coefficient (Wildman–Crippen LogP) is 3.36. The van der Waals surface area contributed by atoms with E-state index >= 15 is 0 Å². The number of carbonyl (C=O) groups is 3. The van der Waals surface area contributed by atoms with Crippen LogP contribution < -0.4 is 15.1 Å². The molecule has 1 saturated heterocycles. The Hall–Kier alpha value is -3.41. The third kappa shape index (κ3) is 3.09. The minimum absolute atomic E-state index is 0.0215. The fourth-order valence-electron chi connectivity index (χ4n) is 4.74. The minimum atomic E-state index is -0.719. The lowest BCUT2D eigenvalue weighted by molar-refractivity contribution is -0.122. The molecular formula is C24H23N3O3. The van der Waals surface area contributed by atoms with E-state index in [0.29, 0.717) is 5.69 Å². The summed E-state index contributed by atoms with van der Waals surface area (Å²) in [5.41, 5.74) is 6.09. The van der Waals surface area contributed by atoms with Gasteiger partial charge >= 0.3 is 6.03 Å². The molecule has 0 bridgehead atoms. The van der Waals surface area contributed by atoms with Gasteiger partial charge in [0.2, 0.25) is 0 Å². The van der Waals surface area contributed by atoms with Gasteiger partial charge in [0.1, 0.15) is 5.57 Å². The summed E-state index contributed by atoms with van der Waals surface area (Å²) >= 11 is 0. The zero-order valence-electron chi connectivity index (χ0n) is 16.9. The molecule has 0 aliphatic carbocycles. The summed E-state index contributed by atoms with van der Waals surface area (Å²) in [6.45, 7) is 4.07. The van der Waals surface area contributed by atoms with Crippen LogP contribution in [0.15, 0.2) is 42.0 Å². The molecule has 0 aromatic heterocycles. The molecule has 6 nitrogen and oxygen atoms in total. The number of benzene rings is 2. The van der Waals surface area contributed by atoms with E-state index in [1.807, 2.05) is 13.0 Å². The molecule has 0 radical (unpaired) electrons. The van der Waals surface area contributed by atoms with Gasteiger partial charge in [-0.15, -0.1) is 0 Å². The number of anilines is 2. The van der Waals surface area contributed by atoms with Gasteiger partial charge in [-0.3, -0.25) is 14.9 Å². The first-order valence-electron chi connectivity index (χ1n) is 10.4. The van der Waals surface area contributed by atoms with Crippen molar-refractivity contribution in [1.82, 2.24) is 5.32 Å². The average molecular weight is 401 g/mol. The summed E-state index contributed by atoms with van der Waals surface area (Å²) in [5, 5.41) is 2.31. The van der Waals surface area contributed by atoms with Gasteiger partial charge in [-0.1, -0.05) is 12.1 Å². The van der Waals surface area contributed by atoms with E-state index in [1.54, 1.807) is 24.3 Å². The molecule has 0 spiro atoms. The molecule has 3 aliphatic heterocycles. The van der Waals surface area contributed by atoms with Gasteiger partial charge in [0, 0.05) is 18.8 Å². The molecule has 1 fully saturated rings.